The molecule has 7 nitrogen and oxygen atoms in total. The molecular formula is C20H14N2O5S. The van der Waals surface area contributed by atoms with Gasteiger partial charge in [-0.3, -0.25) is 24.1 Å². The van der Waals surface area contributed by atoms with Crippen LogP contribution in [0.15, 0.2) is 53.4 Å². The zero-order chi connectivity index (χ0) is 20.0. The van der Waals surface area contributed by atoms with Gasteiger partial charge in [-0.15, -0.1) is 0 Å². The summed E-state index contributed by atoms with van der Waals surface area (Å²) in [5, 5.41) is 8.64. The molecule has 1 N–H and O–H groups in total. The zero-order valence-corrected chi connectivity index (χ0v) is 15.5. The summed E-state index contributed by atoms with van der Waals surface area (Å²) in [7, 11) is 0. The van der Waals surface area contributed by atoms with Crippen molar-refractivity contribution in [3.8, 4) is 0 Å². The zero-order valence-electron chi connectivity index (χ0n) is 14.7. The van der Waals surface area contributed by atoms with Gasteiger partial charge in [0.2, 0.25) is 0 Å². The molecule has 0 aliphatic carbocycles. The number of nitrogens with zero attached hydrogens (tertiary/aromatic N) is 2. The number of benzene rings is 2. The van der Waals surface area contributed by atoms with Gasteiger partial charge in [-0.05, 0) is 36.4 Å². The van der Waals surface area contributed by atoms with E-state index in [1.807, 2.05) is 0 Å². The summed E-state index contributed by atoms with van der Waals surface area (Å²) in [5.41, 5.74) is 2.14. The Morgan fingerprint density at radius 1 is 0.964 bits per heavy atom. The first-order valence-electron chi connectivity index (χ1n) is 8.39. The minimum atomic E-state index is -1.17. The molecule has 1 fully saturated rings. The molecule has 4 rings (SSSR count). The van der Waals surface area contributed by atoms with Gasteiger partial charge in [0.15, 0.2) is 0 Å². The van der Waals surface area contributed by atoms with Crippen molar-refractivity contribution in [1.82, 2.24) is 0 Å². The van der Waals surface area contributed by atoms with Crippen molar-refractivity contribution in [2.75, 3.05) is 16.3 Å². The third-order valence-corrected chi connectivity index (χ3v) is 5.51. The number of carbonyl (C=O) groups excluding carboxylic acids is 3. The number of para-hydroxylation sites is 2. The number of aliphatic carboxylic acids is 1. The van der Waals surface area contributed by atoms with E-state index in [0.717, 1.165) is 15.4 Å². The van der Waals surface area contributed by atoms with Crippen LogP contribution in [0.2, 0.25) is 0 Å². The SMILES string of the molecule is Cc1ccccc1N1C(=O)S/C(=C2\C(=O)N(CC(=O)O)c3ccccc32)C1=O. The molecule has 0 bridgehead atoms. The van der Waals surface area contributed by atoms with Gasteiger partial charge in [-0.1, -0.05) is 36.4 Å². The lowest BCUT2D eigenvalue weighted by molar-refractivity contribution is -0.136. The van der Waals surface area contributed by atoms with E-state index in [0.29, 0.717) is 28.7 Å². The second kappa shape index (κ2) is 6.65. The number of carbonyl (C=O) groups is 4. The lowest BCUT2D eigenvalue weighted by Gasteiger charge is -2.15. The normalized spacial score (nSPS) is 18.8. The van der Waals surface area contributed by atoms with Crippen LogP contribution in [0.25, 0.3) is 5.57 Å². The Hall–Kier alpha value is -3.39. The highest BCUT2D eigenvalue weighted by molar-refractivity contribution is 8.19. The maximum absolute atomic E-state index is 13.1. The van der Waals surface area contributed by atoms with Crippen LogP contribution < -0.4 is 9.80 Å². The van der Waals surface area contributed by atoms with E-state index < -0.39 is 29.6 Å². The van der Waals surface area contributed by atoms with Gasteiger partial charge in [-0.25, -0.2) is 4.90 Å². The van der Waals surface area contributed by atoms with Crippen LogP contribution in [0, 0.1) is 6.92 Å². The highest BCUT2D eigenvalue weighted by Gasteiger charge is 2.44. The maximum atomic E-state index is 13.1. The number of aryl methyl sites for hydroxylation is 1. The van der Waals surface area contributed by atoms with Crippen molar-refractivity contribution >= 4 is 51.7 Å². The summed E-state index contributed by atoms with van der Waals surface area (Å²) in [6.45, 7) is 1.26. The minimum absolute atomic E-state index is 0.0126. The smallest absolute Gasteiger partial charge is 0.323 e. The average molecular weight is 394 g/mol. The predicted octanol–water partition coefficient (Wildman–Crippen LogP) is 3.04. The van der Waals surface area contributed by atoms with Crippen LogP contribution in [-0.2, 0) is 14.4 Å². The van der Waals surface area contributed by atoms with E-state index in [2.05, 4.69) is 0 Å². The number of hydrogen-bond donors (Lipinski definition) is 1. The molecule has 3 amide bonds. The molecule has 0 radical (unpaired) electrons. The van der Waals surface area contributed by atoms with Crippen molar-refractivity contribution in [2.24, 2.45) is 0 Å². The average Bonchev–Trinajstić information content (AvgIpc) is 3.09. The van der Waals surface area contributed by atoms with E-state index in [4.69, 9.17) is 5.11 Å². The van der Waals surface area contributed by atoms with Gasteiger partial charge < -0.3 is 5.11 Å². The number of fused-ring (bicyclic) bond motifs is 1. The fraction of sp³-hybridized carbons (Fsp3) is 0.100. The molecule has 0 spiro atoms. The number of anilines is 2. The predicted molar refractivity (Wildman–Crippen MR) is 105 cm³/mol. The largest absolute Gasteiger partial charge is 0.480 e. The van der Waals surface area contributed by atoms with Crippen LogP contribution in [0.4, 0.5) is 16.2 Å². The van der Waals surface area contributed by atoms with E-state index in [-0.39, 0.29) is 10.5 Å². The molecule has 0 atom stereocenters. The minimum Gasteiger partial charge on any atom is -0.480 e. The van der Waals surface area contributed by atoms with Gasteiger partial charge in [0.05, 0.1) is 21.9 Å². The number of carboxylic acid groups (broad SMARTS) is 1. The molecular weight excluding hydrogens is 380 g/mol. The van der Waals surface area contributed by atoms with Gasteiger partial charge in [0.25, 0.3) is 17.1 Å². The van der Waals surface area contributed by atoms with Crippen LogP contribution in [-0.4, -0.2) is 34.7 Å². The Morgan fingerprint density at radius 3 is 2.29 bits per heavy atom. The standard InChI is InChI=1S/C20H14N2O5S/c1-11-6-2-4-8-13(11)22-19(26)17(28-20(22)27)16-12-7-3-5-9-14(12)21(18(16)25)10-15(23)24/h2-9H,10H2,1H3,(H,23,24)/b17-16-. The molecule has 0 unspecified atom stereocenters. The quantitative estimate of drug-likeness (QED) is 0.804. The molecule has 0 aromatic heterocycles. The monoisotopic (exact) mass is 394 g/mol. The number of thioether (sulfide) groups is 1. The van der Waals surface area contributed by atoms with E-state index >= 15 is 0 Å². The number of rotatable bonds is 3. The molecule has 2 aromatic rings. The molecule has 140 valence electrons. The summed E-state index contributed by atoms with van der Waals surface area (Å²) in [5.74, 6) is -2.35. The highest BCUT2D eigenvalue weighted by Crippen LogP contribution is 2.45. The fourth-order valence-corrected chi connectivity index (χ4v) is 4.26. The lowest BCUT2D eigenvalue weighted by Crippen LogP contribution is -2.33. The summed E-state index contributed by atoms with van der Waals surface area (Å²) >= 11 is 0.693. The third kappa shape index (κ3) is 2.69. The van der Waals surface area contributed by atoms with Gasteiger partial charge in [0, 0.05) is 5.56 Å². The maximum Gasteiger partial charge on any atom is 0.323 e. The van der Waals surface area contributed by atoms with Crippen LogP contribution in [0.3, 0.4) is 0 Å². The van der Waals surface area contributed by atoms with Crippen molar-refractivity contribution in [1.29, 1.82) is 0 Å². The molecule has 28 heavy (non-hydrogen) atoms. The molecule has 2 aliphatic rings. The van der Waals surface area contributed by atoms with Crippen LogP contribution >= 0.6 is 11.8 Å². The van der Waals surface area contributed by atoms with Crippen molar-refractivity contribution in [3.63, 3.8) is 0 Å². The Labute approximate surface area is 164 Å². The Bertz CT molecular complexity index is 1090. The fourth-order valence-electron chi connectivity index (χ4n) is 3.33. The number of carboxylic acids is 1. The van der Waals surface area contributed by atoms with Crippen molar-refractivity contribution in [3.05, 3.63) is 64.6 Å². The number of amides is 3. The van der Waals surface area contributed by atoms with Crippen LogP contribution in [0.5, 0.6) is 0 Å². The van der Waals surface area contributed by atoms with Gasteiger partial charge >= 0.3 is 5.97 Å². The number of imide groups is 1. The van der Waals surface area contributed by atoms with Crippen molar-refractivity contribution < 1.29 is 24.3 Å². The molecule has 2 aromatic carbocycles. The lowest BCUT2D eigenvalue weighted by atomic mass is 10.1. The highest BCUT2D eigenvalue weighted by atomic mass is 32.2. The topological polar surface area (TPSA) is 95.0 Å². The van der Waals surface area contributed by atoms with E-state index in [9.17, 15) is 19.2 Å². The summed E-state index contributed by atoms with van der Waals surface area (Å²) in [4.78, 5) is 52.0. The van der Waals surface area contributed by atoms with Gasteiger partial charge in [0.1, 0.15) is 6.54 Å². The first kappa shape index (κ1) is 18.0. The molecule has 2 aliphatic heterocycles. The van der Waals surface area contributed by atoms with Crippen LogP contribution in [0.1, 0.15) is 11.1 Å². The second-order valence-electron chi connectivity index (χ2n) is 6.30. The Morgan fingerprint density at radius 2 is 1.61 bits per heavy atom. The second-order valence-corrected chi connectivity index (χ2v) is 7.26. The van der Waals surface area contributed by atoms with E-state index in [1.54, 1.807) is 55.5 Å². The molecule has 8 heteroatoms. The van der Waals surface area contributed by atoms with Crippen molar-refractivity contribution in [2.45, 2.75) is 6.92 Å². The molecule has 2 heterocycles. The first-order chi connectivity index (χ1) is 13.4. The number of hydrogen-bond acceptors (Lipinski definition) is 5. The summed E-state index contributed by atoms with van der Waals surface area (Å²) in [6, 6.07) is 13.6. The summed E-state index contributed by atoms with van der Waals surface area (Å²) in [6.07, 6.45) is 0. The Balaban J connectivity index is 1.85. The molecule has 0 saturated carbocycles. The molecule has 1 saturated heterocycles. The third-order valence-electron chi connectivity index (χ3n) is 4.57. The first-order valence-corrected chi connectivity index (χ1v) is 9.21. The van der Waals surface area contributed by atoms with Gasteiger partial charge in [-0.2, -0.15) is 0 Å². The summed E-state index contributed by atoms with van der Waals surface area (Å²) < 4.78 is 0. The van der Waals surface area contributed by atoms with E-state index in [1.165, 1.54) is 0 Å². The Kier molecular flexibility index (Phi) is 4.27.